The van der Waals surface area contributed by atoms with Crippen molar-refractivity contribution >= 4 is 39.9 Å². The van der Waals surface area contributed by atoms with Gasteiger partial charge in [0, 0.05) is 14.2 Å². The fourth-order valence-electron chi connectivity index (χ4n) is 3.35. The van der Waals surface area contributed by atoms with Crippen molar-refractivity contribution in [1.82, 2.24) is 0 Å². The molecular weight excluding hydrogens is 307 g/mol. The summed E-state index contributed by atoms with van der Waals surface area (Å²) >= 11 is 0. The van der Waals surface area contributed by atoms with Gasteiger partial charge in [0.25, 0.3) is 0 Å². The Hall–Kier alpha value is -1.93. The van der Waals surface area contributed by atoms with Gasteiger partial charge in [-0.1, -0.05) is 54.6 Å². The van der Waals surface area contributed by atoms with Crippen molar-refractivity contribution in [3.8, 4) is 0 Å². The molecule has 0 amide bonds. The first-order valence-corrected chi connectivity index (χ1v) is 9.24. The number of hydrogen-bond donors (Lipinski definition) is 0. The summed E-state index contributed by atoms with van der Waals surface area (Å²) in [5, 5.41) is 7.23. The van der Waals surface area contributed by atoms with Gasteiger partial charge >= 0.3 is 7.60 Å². The quantitative estimate of drug-likeness (QED) is 0.364. The van der Waals surface area contributed by atoms with E-state index < -0.39 is 7.60 Å². The Morgan fingerprint density at radius 2 is 1.35 bits per heavy atom. The molecule has 3 nitrogen and oxygen atoms in total. The SMILES string of the molecule is COP(=O)(Cc1ccc2ccc3cccc4ccc1c2c34)OC. The summed E-state index contributed by atoms with van der Waals surface area (Å²) in [5.74, 6) is 0. The average molecular weight is 324 g/mol. The van der Waals surface area contributed by atoms with Crippen molar-refractivity contribution in [1.29, 1.82) is 0 Å². The van der Waals surface area contributed by atoms with E-state index in [1.807, 2.05) is 6.07 Å². The molecule has 0 heterocycles. The summed E-state index contributed by atoms with van der Waals surface area (Å²) < 4.78 is 22.8. The zero-order valence-corrected chi connectivity index (χ0v) is 14.0. The van der Waals surface area contributed by atoms with E-state index in [4.69, 9.17) is 9.05 Å². The lowest BCUT2D eigenvalue weighted by atomic mass is 9.92. The van der Waals surface area contributed by atoms with E-state index in [1.54, 1.807) is 0 Å². The molecule has 0 atom stereocenters. The molecule has 0 aliphatic rings. The van der Waals surface area contributed by atoms with Crippen LogP contribution in [0.1, 0.15) is 5.56 Å². The maximum absolute atomic E-state index is 12.5. The van der Waals surface area contributed by atoms with Crippen LogP contribution in [0.4, 0.5) is 0 Å². The summed E-state index contributed by atoms with van der Waals surface area (Å²) in [6, 6.07) is 19.0. The Morgan fingerprint density at radius 3 is 2.00 bits per heavy atom. The van der Waals surface area contributed by atoms with Crippen molar-refractivity contribution in [2.45, 2.75) is 6.16 Å². The van der Waals surface area contributed by atoms with E-state index in [0.717, 1.165) is 10.9 Å². The molecular formula is C19H17O3P. The molecule has 0 saturated carbocycles. The standard InChI is InChI=1S/C19H17O3P/c1-21-23(20,22-2)12-16-9-8-15-7-6-13-4-3-5-14-10-11-17(16)19(15)18(13)14/h3-11H,12H2,1-2H3. The van der Waals surface area contributed by atoms with Gasteiger partial charge in [-0.25, -0.2) is 0 Å². The third-order valence-electron chi connectivity index (χ3n) is 4.54. The number of hydrogen-bond acceptors (Lipinski definition) is 3. The van der Waals surface area contributed by atoms with Crippen LogP contribution in [0.25, 0.3) is 32.3 Å². The molecule has 0 unspecified atom stereocenters. The van der Waals surface area contributed by atoms with Crippen LogP contribution in [-0.4, -0.2) is 14.2 Å². The molecule has 0 aliphatic carbocycles. The Balaban J connectivity index is 2.06. The second-order valence-electron chi connectivity index (χ2n) is 5.71. The third kappa shape index (κ3) is 2.24. The summed E-state index contributed by atoms with van der Waals surface area (Å²) in [7, 11) is -0.233. The van der Waals surface area contributed by atoms with Crippen LogP contribution in [0.5, 0.6) is 0 Å². The first-order valence-electron chi connectivity index (χ1n) is 7.51. The molecule has 4 heteroatoms. The topological polar surface area (TPSA) is 35.5 Å². The van der Waals surface area contributed by atoms with Gasteiger partial charge in [0.2, 0.25) is 0 Å². The molecule has 0 aromatic heterocycles. The van der Waals surface area contributed by atoms with Crippen molar-refractivity contribution in [3.63, 3.8) is 0 Å². The van der Waals surface area contributed by atoms with Crippen molar-refractivity contribution in [2.24, 2.45) is 0 Å². The Morgan fingerprint density at radius 1 is 0.783 bits per heavy atom. The fourth-order valence-corrected chi connectivity index (χ4v) is 4.45. The predicted octanol–water partition coefficient (Wildman–Crippen LogP) is 5.57. The highest BCUT2D eigenvalue weighted by atomic mass is 31.2. The van der Waals surface area contributed by atoms with Crippen molar-refractivity contribution in [2.75, 3.05) is 14.2 Å². The number of rotatable bonds is 4. The molecule has 4 aromatic rings. The van der Waals surface area contributed by atoms with Crippen LogP contribution in [0.3, 0.4) is 0 Å². The molecule has 0 bridgehead atoms. The maximum atomic E-state index is 12.5. The lowest BCUT2D eigenvalue weighted by Gasteiger charge is -2.17. The highest BCUT2D eigenvalue weighted by molar-refractivity contribution is 7.53. The minimum atomic E-state index is -3.09. The van der Waals surface area contributed by atoms with E-state index >= 15 is 0 Å². The van der Waals surface area contributed by atoms with Crippen LogP contribution < -0.4 is 0 Å². The maximum Gasteiger partial charge on any atom is 0.334 e. The van der Waals surface area contributed by atoms with Crippen LogP contribution in [0, 0.1) is 0 Å². The molecule has 0 fully saturated rings. The molecule has 4 rings (SSSR count). The van der Waals surface area contributed by atoms with Crippen LogP contribution in [0.2, 0.25) is 0 Å². The molecule has 4 aromatic carbocycles. The molecule has 0 aliphatic heterocycles. The third-order valence-corrected chi connectivity index (χ3v) is 6.38. The van der Waals surface area contributed by atoms with Crippen molar-refractivity contribution in [3.05, 3.63) is 60.2 Å². The van der Waals surface area contributed by atoms with E-state index in [0.29, 0.717) is 0 Å². The highest BCUT2D eigenvalue weighted by Crippen LogP contribution is 2.51. The van der Waals surface area contributed by atoms with Gasteiger partial charge < -0.3 is 9.05 Å². The second-order valence-corrected chi connectivity index (χ2v) is 7.98. The first kappa shape index (κ1) is 14.6. The summed E-state index contributed by atoms with van der Waals surface area (Å²) in [6.07, 6.45) is 0.272. The zero-order valence-electron chi connectivity index (χ0n) is 13.1. The second kappa shape index (κ2) is 5.31. The molecule has 23 heavy (non-hydrogen) atoms. The van der Waals surface area contributed by atoms with E-state index in [1.165, 1.54) is 41.2 Å². The van der Waals surface area contributed by atoms with Crippen molar-refractivity contribution < 1.29 is 13.6 Å². The molecule has 116 valence electrons. The summed E-state index contributed by atoms with van der Waals surface area (Å²) in [6.45, 7) is 0. The average Bonchev–Trinajstić information content (AvgIpc) is 2.61. The highest BCUT2D eigenvalue weighted by Gasteiger charge is 2.23. The molecule has 0 saturated heterocycles. The zero-order chi connectivity index (χ0) is 16.0. The number of benzene rings is 4. The van der Waals surface area contributed by atoms with E-state index in [9.17, 15) is 4.57 Å². The van der Waals surface area contributed by atoms with Gasteiger partial charge in [-0.3, -0.25) is 4.57 Å². The predicted molar refractivity (Wildman–Crippen MR) is 95.5 cm³/mol. The Kier molecular flexibility index (Phi) is 3.38. The Labute approximate surface area is 134 Å². The van der Waals surface area contributed by atoms with Gasteiger partial charge in [0.15, 0.2) is 0 Å². The minimum absolute atomic E-state index is 0.272. The molecule has 0 spiro atoms. The lowest BCUT2D eigenvalue weighted by Crippen LogP contribution is -1.95. The smallest absolute Gasteiger partial charge is 0.312 e. The lowest BCUT2D eigenvalue weighted by molar-refractivity contribution is 0.275. The monoisotopic (exact) mass is 324 g/mol. The van der Waals surface area contributed by atoms with Gasteiger partial charge in [0.1, 0.15) is 0 Å². The van der Waals surface area contributed by atoms with Crippen LogP contribution >= 0.6 is 7.60 Å². The van der Waals surface area contributed by atoms with Gasteiger partial charge in [-0.15, -0.1) is 0 Å². The fraction of sp³-hybridized carbons (Fsp3) is 0.158. The molecule has 0 N–H and O–H groups in total. The van der Waals surface area contributed by atoms with Crippen LogP contribution in [-0.2, 0) is 19.8 Å². The first-order chi connectivity index (χ1) is 11.1. The normalized spacial score (nSPS) is 12.6. The summed E-state index contributed by atoms with van der Waals surface area (Å²) in [5.41, 5.74) is 0.989. The van der Waals surface area contributed by atoms with Gasteiger partial charge in [0.05, 0.1) is 6.16 Å². The van der Waals surface area contributed by atoms with E-state index in [2.05, 4.69) is 48.5 Å². The van der Waals surface area contributed by atoms with Gasteiger partial charge in [-0.2, -0.15) is 0 Å². The van der Waals surface area contributed by atoms with Gasteiger partial charge in [-0.05, 0) is 37.9 Å². The largest absolute Gasteiger partial charge is 0.334 e. The van der Waals surface area contributed by atoms with E-state index in [-0.39, 0.29) is 6.16 Å². The minimum Gasteiger partial charge on any atom is -0.312 e. The van der Waals surface area contributed by atoms with Crippen LogP contribution in [0.15, 0.2) is 54.6 Å². The summed E-state index contributed by atoms with van der Waals surface area (Å²) in [4.78, 5) is 0. The Bertz CT molecular complexity index is 1030. The molecule has 0 radical (unpaired) electrons.